The summed E-state index contributed by atoms with van der Waals surface area (Å²) in [5.41, 5.74) is 0. The van der Waals surface area contributed by atoms with Crippen LogP contribution in [0.25, 0.3) is 0 Å². The highest BCUT2D eigenvalue weighted by atomic mass is 32.2. The third-order valence-electron chi connectivity index (χ3n) is 6.99. The molecular weight excluding hydrogens is 460 g/mol. The molecule has 0 aromatic heterocycles. The molecule has 3 fully saturated rings. The van der Waals surface area contributed by atoms with Crippen LogP contribution in [-0.2, 0) is 24.4 Å². The Labute approximate surface area is 202 Å². The SMILES string of the molecule is C=C[C@H](C)C(NC(=O)[C@@H]1CCCN1C(=O)CCC(O)N1CCCCC1)C(=O)NS(=O)(=O)C1CC1. The van der Waals surface area contributed by atoms with Gasteiger partial charge >= 0.3 is 0 Å². The first-order valence-electron chi connectivity index (χ1n) is 12.3. The highest BCUT2D eigenvalue weighted by Crippen LogP contribution is 2.27. The number of sulfonamides is 1. The van der Waals surface area contributed by atoms with Crippen LogP contribution in [0.3, 0.4) is 0 Å². The fraction of sp³-hybridized carbons (Fsp3) is 0.783. The standard InChI is InChI=1S/C23H38N4O6S/c1-3-16(2)21(23(31)25-34(32,33)17-9-10-17)24-22(30)18-8-7-15-27(18)20(29)12-11-19(28)26-13-5-4-6-14-26/h3,16-19,21,28H,1,4-15H2,2H3,(H,24,30)(H,25,31)/t16-,18-,19?,21?/m0/s1. The number of nitrogens with one attached hydrogen (secondary N) is 2. The summed E-state index contributed by atoms with van der Waals surface area (Å²) < 4.78 is 26.5. The van der Waals surface area contributed by atoms with E-state index in [1.54, 1.807) is 6.92 Å². The number of rotatable bonds is 11. The van der Waals surface area contributed by atoms with Gasteiger partial charge < -0.3 is 15.3 Å². The van der Waals surface area contributed by atoms with Crippen LogP contribution in [-0.4, -0.2) is 84.2 Å². The second-order valence-electron chi connectivity index (χ2n) is 9.65. The van der Waals surface area contributed by atoms with Crippen molar-refractivity contribution in [1.29, 1.82) is 0 Å². The Morgan fingerprint density at radius 1 is 1.09 bits per heavy atom. The van der Waals surface area contributed by atoms with Gasteiger partial charge in [0.15, 0.2) is 0 Å². The van der Waals surface area contributed by atoms with Gasteiger partial charge in [0.25, 0.3) is 5.91 Å². The summed E-state index contributed by atoms with van der Waals surface area (Å²) in [6, 6.07) is -1.84. The lowest BCUT2D eigenvalue weighted by Crippen LogP contribution is -2.56. The molecule has 2 aliphatic heterocycles. The second kappa shape index (κ2) is 11.6. The highest BCUT2D eigenvalue weighted by molar-refractivity contribution is 7.90. The number of likely N-dealkylation sites (tertiary alicyclic amines) is 2. The summed E-state index contributed by atoms with van der Waals surface area (Å²) >= 11 is 0. The molecule has 2 heterocycles. The Morgan fingerprint density at radius 3 is 2.38 bits per heavy atom. The van der Waals surface area contributed by atoms with Crippen molar-refractivity contribution in [1.82, 2.24) is 19.8 Å². The van der Waals surface area contributed by atoms with Crippen LogP contribution < -0.4 is 10.0 Å². The Bertz CT molecular complexity index is 869. The fourth-order valence-corrected chi connectivity index (χ4v) is 5.95. The molecule has 1 aliphatic carbocycles. The van der Waals surface area contributed by atoms with Gasteiger partial charge in [0.1, 0.15) is 18.3 Å². The maximum Gasteiger partial charge on any atom is 0.256 e. The molecule has 3 amide bonds. The second-order valence-corrected chi connectivity index (χ2v) is 11.6. The smallest absolute Gasteiger partial charge is 0.256 e. The molecule has 2 unspecified atom stereocenters. The van der Waals surface area contributed by atoms with Crippen molar-refractivity contribution in [3.8, 4) is 0 Å². The Kier molecular flexibility index (Phi) is 9.11. The molecule has 0 radical (unpaired) electrons. The number of hydrogen-bond acceptors (Lipinski definition) is 7. The summed E-state index contributed by atoms with van der Waals surface area (Å²) in [4.78, 5) is 42.1. The van der Waals surface area contributed by atoms with Gasteiger partial charge in [-0.25, -0.2) is 8.42 Å². The van der Waals surface area contributed by atoms with E-state index < -0.39 is 51.3 Å². The third-order valence-corrected chi connectivity index (χ3v) is 8.82. The van der Waals surface area contributed by atoms with Gasteiger partial charge in [0, 0.05) is 32.0 Å². The number of hydrogen-bond donors (Lipinski definition) is 3. The van der Waals surface area contributed by atoms with E-state index in [2.05, 4.69) is 16.6 Å². The van der Waals surface area contributed by atoms with Crippen LogP contribution in [0.15, 0.2) is 12.7 Å². The summed E-state index contributed by atoms with van der Waals surface area (Å²) in [5.74, 6) is -2.00. The number of carbonyl (C=O) groups excluding carboxylic acids is 3. The first kappa shape index (κ1) is 26.6. The minimum atomic E-state index is -3.75. The average Bonchev–Trinajstić information content (AvgIpc) is 3.58. The summed E-state index contributed by atoms with van der Waals surface area (Å²) in [5, 5.41) is 12.5. The predicted octanol–water partition coefficient (Wildman–Crippen LogP) is 0.477. The van der Waals surface area contributed by atoms with Crippen molar-refractivity contribution >= 4 is 27.7 Å². The van der Waals surface area contributed by atoms with Crippen LogP contribution in [0.5, 0.6) is 0 Å². The van der Waals surface area contributed by atoms with Crippen LogP contribution >= 0.6 is 0 Å². The van der Waals surface area contributed by atoms with E-state index in [-0.39, 0.29) is 12.3 Å². The quantitative estimate of drug-likeness (QED) is 0.353. The summed E-state index contributed by atoms with van der Waals surface area (Å²) in [6.07, 6.45) is 6.63. The molecular formula is C23H38N4O6S. The highest BCUT2D eigenvalue weighted by Gasteiger charge is 2.40. The lowest BCUT2D eigenvalue weighted by Gasteiger charge is -2.32. The zero-order valence-electron chi connectivity index (χ0n) is 19.9. The zero-order chi connectivity index (χ0) is 24.9. The first-order valence-corrected chi connectivity index (χ1v) is 13.9. The largest absolute Gasteiger partial charge is 0.378 e. The maximum atomic E-state index is 13.1. The van der Waals surface area contributed by atoms with Gasteiger partial charge in [-0.1, -0.05) is 19.4 Å². The third kappa shape index (κ3) is 6.79. The number of nitrogens with zero attached hydrogens (tertiary/aromatic N) is 2. The minimum Gasteiger partial charge on any atom is -0.378 e. The Morgan fingerprint density at radius 2 is 1.76 bits per heavy atom. The lowest BCUT2D eigenvalue weighted by atomic mass is 10.0. The molecule has 3 rings (SSSR count). The van der Waals surface area contributed by atoms with Gasteiger partial charge in [-0.3, -0.25) is 24.0 Å². The fourth-order valence-electron chi connectivity index (χ4n) is 4.62. The van der Waals surface area contributed by atoms with Crippen LogP contribution in [0.2, 0.25) is 0 Å². The number of aliphatic hydroxyl groups is 1. The van der Waals surface area contributed by atoms with Gasteiger partial charge in [0.2, 0.25) is 21.8 Å². The van der Waals surface area contributed by atoms with E-state index in [1.807, 2.05) is 4.90 Å². The van der Waals surface area contributed by atoms with Gasteiger partial charge in [-0.2, -0.15) is 0 Å². The first-order chi connectivity index (χ1) is 16.1. The zero-order valence-corrected chi connectivity index (χ0v) is 20.8. The van der Waals surface area contributed by atoms with Crippen molar-refractivity contribution in [2.75, 3.05) is 19.6 Å². The minimum absolute atomic E-state index is 0.133. The number of amides is 3. The van der Waals surface area contributed by atoms with E-state index in [0.717, 1.165) is 32.4 Å². The van der Waals surface area contributed by atoms with Crippen molar-refractivity contribution in [3.05, 3.63) is 12.7 Å². The van der Waals surface area contributed by atoms with Crippen LogP contribution in [0.4, 0.5) is 0 Å². The molecule has 3 N–H and O–H groups in total. The molecule has 1 saturated carbocycles. The molecule has 10 nitrogen and oxygen atoms in total. The topological polar surface area (TPSA) is 136 Å². The predicted molar refractivity (Wildman–Crippen MR) is 127 cm³/mol. The van der Waals surface area contributed by atoms with Crippen LogP contribution in [0.1, 0.15) is 64.7 Å². The van der Waals surface area contributed by atoms with Gasteiger partial charge in [-0.15, -0.1) is 6.58 Å². The normalized spacial score (nSPS) is 24.2. The van der Waals surface area contributed by atoms with Gasteiger partial charge in [0.05, 0.1) is 5.25 Å². The lowest BCUT2D eigenvalue weighted by molar-refractivity contribution is -0.140. The van der Waals surface area contributed by atoms with Crippen molar-refractivity contribution in [2.24, 2.45) is 5.92 Å². The van der Waals surface area contributed by atoms with E-state index in [4.69, 9.17) is 0 Å². The number of piperidine rings is 1. The summed E-state index contributed by atoms with van der Waals surface area (Å²) in [6.45, 7) is 7.41. The van der Waals surface area contributed by atoms with Crippen molar-refractivity contribution in [2.45, 2.75) is 88.3 Å². The molecule has 3 aliphatic rings. The molecule has 0 aromatic carbocycles. The van der Waals surface area contributed by atoms with E-state index in [1.165, 1.54) is 11.0 Å². The molecule has 0 bridgehead atoms. The van der Waals surface area contributed by atoms with Crippen LogP contribution in [0, 0.1) is 5.92 Å². The van der Waals surface area contributed by atoms with E-state index in [0.29, 0.717) is 38.6 Å². The van der Waals surface area contributed by atoms with Crippen molar-refractivity contribution < 1.29 is 27.9 Å². The maximum absolute atomic E-state index is 13.1. The molecule has 34 heavy (non-hydrogen) atoms. The molecule has 192 valence electrons. The van der Waals surface area contributed by atoms with Crippen molar-refractivity contribution in [3.63, 3.8) is 0 Å². The average molecular weight is 499 g/mol. The molecule has 11 heteroatoms. The number of carbonyl (C=O) groups is 3. The molecule has 2 saturated heterocycles. The Hall–Kier alpha value is -1.98. The molecule has 0 spiro atoms. The summed E-state index contributed by atoms with van der Waals surface area (Å²) in [7, 11) is -3.75. The molecule has 0 aromatic rings. The monoisotopic (exact) mass is 498 g/mol. The Balaban J connectivity index is 1.57. The van der Waals surface area contributed by atoms with Gasteiger partial charge in [-0.05, 0) is 44.9 Å². The molecule has 4 atom stereocenters. The number of aliphatic hydroxyl groups excluding tert-OH is 1. The van der Waals surface area contributed by atoms with E-state index in [9.17, 15) is 27.9 Å². The van der Waals surface area contributed by atoms with E-state index >= 15 is 0 Å².